The van der Waals surface area contributed by atoms with Crippen molar-refractivity contribution >= 4 is 46.4 Å². The molecule has 0 saturated carbocycles. The smallest absolute Gasteiger partial charge is 0.223 e. The third-order valence-corrected chi connectivity index (χ3v) is 3.68. The van der Waals surface area contributed by atoms with E-state index in [0.29, 0.717) is 10.3 Å². The van der Waals surface area contributed by atoms with Crippen LogP contribution in [0.4, 0.5) is 0 Å². The molecule has 2 rings (SSSR count). The molecule has 8 heteroatoms. The van der Waals surface area contributed by atoms with Gasteiger partial charge in [-0.25, -0.2) is 19.9 Å². The van der Waals surface area contributed by atoms with Crippen LogP contribution < -0.4 is 0 Å². The first-order valence-corrected chi connectivity index (χ1v) is 7.06. The summed E-state index contributed by atoms with van der Waals surface area (Å²) in [6.07, 6.45) is 0. The van der Waals surface area contributed by atoms with E-state index in [1.54, 1.807) is 0 Å². The lowest BCUT2D eigenvalue weighted by Gasteiger charge is -1.99. The highest BCUT2D eigenvalue weighted by molar-refractivity contribution is 6.32. The van der Waals surface area contributed by atoms with E-state index in [4.69, 9.17) is 46.4 Å². The summed E-state index contributed by atoms with van der Waals surface area (Å²) in [4.78, 5) is 15.3. The number of halogens is 4. The monoisotopic (exact) mass is 352 g/mol. The molecule has 4 nitrogen and oxygen atoms in total. The molecule has 0 spiro atoms. The molecule has 0 N–H and O–H groups in total. The Bertz CT molecular complexity index is 529. The van der Waals surface area contributed by atoms with Gasteiger partial charge in [-0.15, -0.1) is 0 Å². The lowest BCUT2D eigenvalue weighted by molar-refractivity contribution is 1.06. The van der Waals surface area contributed by atoms with Gasteiger partial charge in [0.1, 0.15) is 10.3 Å². The molecule has 0 amide bonds. The van der Waals surface area contributed by atoms with E-state index in [-0.39, 0.29) is 10.6 Å². The summed E-state index contributed by atoms with van der Waals surface area (Å²) in [6.45, 7) is 7.39. The first-order valence-electron chi connectivity index (χ1n) is 5.54. The van der Waals surface area contributed by atoms with Crippen LogP contribution in [0, 0.1) is 27.7 Å². The number of rotatable bonds is 0. The molecule has 0 aromatic carbocycles. The van der Waals surface area contributed by atoms with Crippen molar-refractivity contribution in [1.29, 1.82) is 0 Å². The van der Waals surface area contributed by atoms with Crippen molar-refractivity contribution in [2.45, 2.75) is 27.7 Å². The molecular weight excluding hydrogens is 342 g/mol. The zero-order chi connectivity index (χ0) is 15.4. The summed E-state index contributed by atoms with van der Waals surface area (Å²) >= 11 is 22.4. The average molecular weight is 354 g/mol. The molecule has 0 aliphatic heterocycles. The van der Waals surface area contributed by atoms with Crippen LogP contribution in [-0.2, 0) is 0 Å². The fourth-order valence-corrected chi connectivity index (χ4v) is 2.07. The normalized spacial score (nSPS) is 10.0. The molecule has 0 atom stereocenters. The Balaban J connectivity index is 0.000000200. The molecule has 20 heavy (non-hydrogen) atoms. The summed E-state index contributed by atoms with van der Waals surface area (Å²) < 4.78 is 0. The van der Waals surface area contributed by atoms with Gasteiger partial charge in [-0.2, -0.15) is 0 Å². The minimum atomic E-state index is 0.202. The molecular formula is C12H12Cl4N4. The highest BCUT2D eigenvalue weighted by atomic mass is 35.5. The number of aromatic nitrogens is 4. The lowest BCUT2D eigenvalue weighted by atomic mass is 10.3. The Morgan fingerprint density at radius 2 is 0.850 bits per heavy atom. The largest absolute Gasteiger partial charge is 0.224 e. The Morgan fingerprint density at radius 1 is 0.550 bits per heavy atom. The van der Waals surface area contributed by atoms with E-state index in [1.165, 1.54) is 0 Å². The van der Waals surface area contributed by atoms with Crippen molar-refractivity contribution in [2.24, 2.45) is 0 Å². The van der Waals surface area contributed by atoms with Gasteiger partial charge in [-0.1, -0.05) is 23.2 Å². The number of hydrogen-bond acceptors (Lipinski definition) is 4. The third kappa shape index (κ3) is 4.70. The maximum atomic E-state index is 5.68. The Labute approximate surface area is 137 Å². The molecule has 0 radical (unpaired) electrons. The molecule has 0 unspecified atom stereocenters. The van der Waals surface area contributed by atoms with Crippen LogP contribution in [0.3, 0.4) is 0 Å². The van der Waals surface area contributed by atoms with E-state index < -0.39 is 0 Å². The van der Waals surface area contributed by atoms with E-state index in [0.717, 1.165) is 22.5 Å². The van der Waals surface area contributed by atoms with Gasteiger partial charge >= 0.3 is 0 Å². The van der Waals surface area contributed by atoms with Crippen molar-refractivity contribution in [1.82, 2.24) is 19.9 Å². The quantitative estimate of drug-likeness (QED) is 0.504. The van der Waals surface area contributed by atoms with E-state index in [9.17, 15) is 0 Å². The topological polar surface area (TPSA) is 51.6 Å². The minimum absolute atomic E-state index is 0.202. The summed E-state index contributed by atoms with van der Waals surface area (Å²) in [6, 6.07) is 0. The van der Waals surface area contributed by atoms with Gasteiger partial charge < -0.3 is 0 Å². The highest BCUT2D eigenvalue weighted by Crippen LogP contribution is 2.17. The number of hydrogen-bond donors (Lipinski definition) is 0. The average Bonchev–Trinajstić information content (AvgIpc) is 2.33. The van der Waals surface area contributed by atoms with Crippen molar-refractivity contribution < 1.29 is 0 Å². The lowest BCUT2D eigenvalue weighted by Crippen LogP contribution is -1.91. The van der Waals surface area contributed by atoms with Gasteiger partial charge in [-0.05, 0) is 50.9 Å². The fraction of sp³-hybridized carbons (Fsp3) is 0.333. The molecule has 108 valence electrons. The molecule has 0 bridgehead atoms. The molecule has 2 aromatic heterocycles. The van der Waals surface area contributed by atoms with E-state index in [1.807, 2.05) is 27.7 Å². The minimum Gasteiger partial charge on any atom is -0.223 e. The maximum absolute atomic E-state index is 5.68. The summed E-state index contributed by atoms with van der Waals surface area (Å²) in [5.41, 5.74) is 3.41. The molecule has 0 aliphatic carbocycles. The SMILES string of the molecule is Cc1nc(Cl)nc(Cl)c1C.Cc1nc(Cl)nc(Cl)c1C. The second kappa shape index (κ2) is 7.36. The van der Waals surface area contributed by atoms with Crippen molar-refractivity contribution in [3.05, 3.63) is 43.4 Å². The third-order valence-electron chi connectivity index (χ3n) is 2.61. The first kappa shape index (κ1) is 17.4. The Hall–Kier alpha value is -0.680. The zero-order valence-electron chi connectivity index (χ0n) is 11.3. The van der Waals surface area contributed by atoms with Crippen LogP contribution in [0.2, 0.25) is 20.9 Å². The molecule has 0 aliphatic rings. The second-order valence-corrected chi connectivity index (χ2v) is 5.38. The summed E-state index contributed by atoms with van der Waals surface area (Å²) in [5.74, 6) is 0. The van der Waals surface area contributed by atoms with Gasteiger partial charge in [0, 0.05) is 22.5 Å². The maximum Gasteiger partial charge on any atom is 0.224 e. The van der Waals surface area contributed by atoms with Crippen LogP contribution >= 0.6 is 46.4 Å². The van der Waals surface area contributed by atoms with E-state index >= 15 is 0 Å². The number of nitrogens with zero attached hydrogens (tertiary/aromatic N) is 4. The van der Waals surface area contributed by atoms with Crippen LogP contribution in [0.15, 0.2) is 0 Å². The molecule has 0 saturated heterocycles. The van der Waals surface area contributed by atoms with Gasteiger partial charge in [0.15, 0.2) is 0 Å². The second-order valence-electron chi connectivity index (χ2n) is 3.99. The van der Waals surface area contributed by atoms with Crippen LogP contribution in [0.1, 0.15) is 22.5 Å². The molecule has 0 fully saturated rings. The predicted octanol–water partition coefficient (Wildman–Crippen LogP) is 4.80. The zero-order valence-corrected chi connectivity index (χ0v) is 14.3. The van der Waals surface area contributed by atoms with Crippen LogP contribution in [0.5, 0.6) is 0 Å². The first-order chi connectivity index (χ1) is 9.22. The molecule has 2 aromatic rings. The van der Waals surface area contributed by atoms with Crippen LogP contribution in [-0.4, -0.2) is 19.9 Å². The van der Waals surface area contributed by atoms with Gasteiger partial charge in [0.2, 0.25) is 10.6 Å². The number of aryl methyl sites for hydroxylation is 2. The van der Waals surface area contributed by atoms with Crippen molar-refractivity contribution in [3.63, 3.8) is 0 Å². The Kier molecular flexibility index (Phi) is 6.40. The highest BCUT2D eigenvalue weighted by Gasteiger charge is 2.03. The van der Waals surface area contributed by atoms with Crippen LogP contribution in [0.25, 0.3) is 0 Å². The van der Waals surface area contributed by atoms with Gasteiger partial charge in [-0.3, -0.25) is 0 Å². The van der Waals surface area contributed by atoms with Crippen molar-refractivity contribution in [2.75, 3.05) is 0 Å². The van der Waals surface area contributed by atoms with Gasteiger partial charge in [0.25, 0.3) is 0 Å². The fourth-order valence-electron chi connectivity index (χ4n) is 1.12. The molecule has 2 heterocycles. The standard InChI is InChI=1S/2C6H6Cl2N2/c2*1-3-4(2)9-6(8)10-5(3)7/h2*1-2H3. The predicted molar refractivity (Wildman–Crippen MR) is 83.1 cm³/mol. The Morgan fingerprint density at radius 3 is 1.10 bits per heavy atom. The summed E-state index contributed by atoms with van der Waals surface area (Å²) in [5, 5.41) is 1.26. The summed E-state index contributed by atoms with van der Waals surface area (Å²) in [7, 11) is 0. The van der Waals surface area contributed by atoms with Crippen molar-refractivity contribution in [3.8, 4) is 0 Å². The van der Waals surface area contributed by atoms with E-state index in [2.05, 4.69) is 19.9 Å². The van der Waals surface area contributed by atoms with Gasteiger partial charge in [0.05, 0.1) is 0 Å².